The van der Waals surface area contributed by atoms with Gasteiger partial charge in [0.1, 0.15) is 17.7 Å². The summed E-state index contributed by atoms with van der Waals surface area (Å²) in [5.74, 6) is 0.985. The molecule has 1 aromatic heterocycles. The minimum absolute atomic E-state index is 0.0885. The number of hydrogen-bond acceptors (Lipinski definition) is 4. The van der Waals surface area contributed by atoms with Gasteiger partial charge in [0.25, 0.3) is 0 Å². The van der Waals surface area contributed by atoms with Crippen LogP contribution in [-0.4, -0.2) is 34.6 Å². The van der Waals surface area contributed by atoms with Gasteiger partial charge in [-0.15, -0.1) is 0 Å². The molecule has 0 spiro atoms. The van der Waals surface area contributed by atoms with Crippen LogP contribution in [0.4, 0.5) is 0 Å². The third-order valence-corrected chi connectivity index (χ3v) is 5.83. The largest absolute Gasteiger partial charge is 0.490 e. The van der Waals surface area contributed by atoms with Crippen LogP contribution in [0, 0.1) is 5.41 Å². The van der Waals surface area contributed by atoms with Crippen molar-refractivity contribution in [2.75, 3.05) is 13.1 Å². The normalized spacial score (nSPS) is 14.9. The molecule has 1 fully saturated rings. The molecule has 0 unspecified atom stereocenters. The summed E-state index contributed by atoms with van der Waals surface area (Å²) in [5.41, 5.74) is 9.73. The van der Waals surface area contributed by atoms with Crippen molar-refractivity contribution < 1.29 is 4.74 Å². The number of benzene rings is 3. The highest BCUT2D eigenvalue weighted by molar-refractivity contribution is 6.08. The van der Waals surface area contributed by atoms with Gasteiger partial charge in [-0.05, 0) is 54.4 Å². The average Bonchev–Trinajstić information content (AvgIpc) is 3.16. The molecule has 2 heterocycles. The van der Waals surface area contributed by atoms with Crippen LogP contribution in [0.2, 0.25) is 0 Å². The zero-order valence-electron chi connectivity index (χ0n) is 16.8. The lowest BCUT2D eigenvalue weighted by atomic mass is 9.99. The molecule has 0 atom stereocenters. The van der Waals surface area contributed by atoms with E-state index >= 15 is 0 Å². The molecule has 0 aliphatic carbocycles. The fraction of sp³-hybridized carbons (Fsp3) is 0.250. The van der Waals surface area contributed by atoms with Crippen molar-refractivity contribution in [3.8, 4) is 5.75 Å². The second kappa shape index (κ2) is 7.80. The van der Waals surface area contributed by atoms with E-state index < -0.39 is 0 Å². The maximum Gasteiger partial charge on any atom is 0.123 e. The van der Waals surface area contributed by atoms with Gasteiger partial charge in [0.05, 0.1) is 17.4 Å². The molecule has 0 amide bonds. The number of nitrogen functional groups attached to an aromatic ring is 1. The lowest BCUT2D eigenvalue weighted by molar-refractivity contribution is 0.162. The monoisotopic (exact) mass is 399 g/mol. The lowest BCUT2D eigenvalue weighted by Crippen LogP contribution is -2.34. The highest BCUT2D eigenvalue weighted by atomic mass is 16.5. The number of aromatic nitrogens is 2. The van der Waals surface area contributed by atoms with Crippen LogP contribution in [-0.2, 0) is 6.54 Å². The number of amidine groups is 1. The molecule has 5 rings (SSSR count). The van der Waals surface area contributed by atoms with Gasteiger partial charge in [-0.3, -0.25) is 5.41 Å². The molecule has 6 nitrogen and oxygen atoms in total. The summed E-state index contributed by atoms with van der Waals surface area (Å²) in [6.45, 7) is 2.70. The summed E-state index contributed by atoms with van der Waals surface area (Å²) in [4.78, 5) is 4.57. The molecule has 0 saturated carbocycles. The number of ether oxygens (including phenoxy) is 1. The van der Waals surface area contributed by atoms with Gasteiger partial charge in [-0.2, -0.15) is 0 Å². The summed E-state index contributed by atoms with van der Waals surface area (Å²) >= 11 is 0. The predicted octanol–water partition coefficient (Wildman–Crippen LogP) is 3.65. The molecular formula is C24H25N5O. The van der Waals surface area contributed by atoms with Crippen LogP contribution in [0.5, 0.6) is 5.75 Å². The van der Waals surface area contributed by atoms with E-state index in [0.29, 0.717) is 6.54 Å². The number of imidazole rings is 1. The first-order chi connectivity index (χ1) is 14.7. The third-order valence-electron chi connectivity index (χ3n) is 5.83. The maximum atomic E-state index is 7.87. The number of rotatable bonds is 5. The Balaban J connectivity index is 1.49. The minimum Gasteiger partial charge on any atom is -0.490 e. The molecule has 1 aliphatic rings. The number of hydrogen-bond donors (Lipinski definition) is 3. The highest BCUT2D eigenvalue weighted by Crippen LogP contribution is 2.27. The van der Waals surface area contributed by atoms with E-state index in [1.54, 1.807) is 0 Å². The van der Waals surface area contributed by atoms with Crippen LogP contribution in [0.1, 0.15) is 24.0 Å². The van der Waals surface area contributed by atoms with Crippen molar-refractivity contribution in [2.45, 2.75) is 25.5 Å². The average molecular weight is 399 g/mol. The molecule has 3 aromatic carbocycles. The van der Waals surface area contributed by atoms with Crippen LogP contribution < -0.4 is 15.8 Å². The first kappa shape index (κ1) is 18.6. The molecule has 1 aliphatic heterocycles. The fourth-order valence-corrected chi connectivity index (χ4v) is 4.26. The molecule has 4 aromatic rings. The minimum atomic E-state index is 0.0885. The van der Waals surface area contributed by atoms with Crippen LogP contribution in [0.3, 0.4) is 0 Å². The molecule has 1 saturated heterocycles. The second-order valence-electron chi connectivity index (χ2n) is 7.82. The number of piperidine rings is 1. The first-order valence-corrected chi connectivity index (χ1v) is 10.4. The Bertz CT molecular complexity index is 1220. The van der Waals surface area contributed by atoms with E-state index in [4.69, 9.17) is 15.9 Å². The van der Waals surface area contributed by atoms with E-state index in [1.807, 2.05) is 42.7 Å². The van der Waals surface area contributed by atoms with Gasteiger partial charge in [0, 0.05) is 18.2 Å². The van der Waals surface area contributed by atoms with Crippen molar-refractivity contribution in [2.24, 2.45) is 5.73 Å². The van der Waals surface area contributed by atoms with Crippen LogP contribution in [0.25, 0.3) is 21.8 Å². The Morgan fingerprint density at radius 1 is 1.10 bits per heavy atom. The van der Waals surface area contributed by atoms with Crippen molar-refractivity contribution in [1.82, 2.24) is 14.9 Å². The van der Waals surface area contributed by atoms with E-state index in [0.717, 1.165) is 59.0 Å². The van der Waals surface area contributed by atoms with E-state index in [9.17, 15) is 0 Å². The Labute approximate surface area is 175 Å². The first-order valence-electron chi connectivity index (χ1n) is 10.4. The SMILES string of the molecule is N=C(N)c1ccc(Cn2cnc3ccc(OC4CCNCC4)cc32)c2ccccc12. The molecule has 6 heteroatoms. The van der Waals surface area contributed by atoms with E-state index in [1.165, 1.54) is 5.56 Å². The number of nitrogens with one attached hydrogen (secondary N) is 2. The van der Waals surface area contributed by atoms with Gasteiger partial charge >= 0.3 is 0 Å². The quantitative estimate of drug-likeness (QED) is 0.353. The zero-order valence-corrected chi connectivity index (χ0v) is 16.8. The zero-order chi connectivity index (χ0) is 20.5. The van der Waals surface area contributed by atoms with Gasteiger partial charge in [0.2, 0.25) is 0 Å². The van der Waals surface area contributed by atoms with Crippen molar-refractivity contribution >= 4 is 27.6 Å². The van der Waals surface area contributed by atoms with E-state index in [-0.39, 0.29) is 11.9 Å². The topological polar surface area (TPSA) is 89.0 Å². The van der Waals surface area contributed by atoms with Gasteiger partial charge < -0.3 is 20.4 Å². The molecule has 30 heavy (non-hydrogen) atoms. The van der Waals surface area contributed by atoms with Crippen LogP contribution >= 0.6 is 0 Å². The Kier molecular flexibility index (Phi) is 4.85. The van der Waals surface area contributed by atoms with E-state index in [2.05, 4.69) is 33.1 Å². The Morgan fingerprint density at radius 2 is 1.90 bits per heavy atom. The van der Waals surface area contributed by atoms with Crippen molar-refractivity contribution in [1.29, 1.82) is 5.41 Å². The number of fused-ring (bicyclic) bond motifs is 2. The summed E-state index contributed by atoms with van der Waals surface area (Å²) in [6, 6.07) is 18.2. The van der Waals surface area contributed by atoms with Gasteiger partial charge in [-0.25, -0.2) is 4.98 Å². The molecule has 4 N–H and O–H groups in total. The summed E-state index contributed by atoms with van der Waals surface area (Å²) in [5, 5.41) is 13.3. The molecule has 0 bridgehead atoms. The Morgan fingerprint density at radius 3 is 2.70 bits per heavy atom. The van der Waals surface area contributed by atoms with Gasteiger partial charge in [0.15, 0.2) is 0 Å². The summed E-state index contributed by atoms with van der Waals surface area (Å²) in [7, 11) is 0. The third kappa shape index (κ3) is 3.50. The molecule has 0 radical (unpaired) electrons. The predicted molar refractivity (Wildman–Crippen MR) is 120 cm³/mol. The van der Waals surface area contributed by atoms with Gasteiger partial charge in [-0.1, -0.05) is 36.4 Å². The second-order valence-corrected chi connectivity index (χ2v) is 7.82. The number of nitrogens with zero attached hydrogens (tertiary/aromatic N) is 2. The Hall–Kier alpha value is -3.38. The van der Waals surface area contributed by atoms with Crippen molar-refractivity contribution in [3.63, 3.8) is 0 Å². The standard InChI is InChI=1S/C24H25N5O/c25-24(26)21-7-5-16(19-3-1-2-4-20(19)21)14-29-15-28-22-8-6-18(13-23(22)29)30-17-9-11-27-12-10-17/h1-8,13,15,17,27H,9-12,14H2,(H3,25,26). The maximum absolute atomic E-state index is 7.87. The van der Waals surface area contributed by atoms with Crippen molar-refractivity contribution in [3.05, 3.63) is 72.1 Å². The number of nitrogens with two attached hydrogens (primary N) is 1. The van der Waals surface area contributed by atoms with Crippen LogP contribution in [0.15, 0.2) is 60.9 Å². The molecule has 152 valence electrons. The summed E-state index contributed by atoms with van der Waals surface area (Å²) in [6.07, 6.45) is 4.22. The molecular weight excluding hydrogens is 374 g/mol. The fourth-order valence-electron chi connectivity index (χ4n) is 4.26. The highest BCUT2D eigenvalue weighted by Gasteiger charge is 2.15. The smallest absolute Gasteiger partial charge is 0.123 e. The summed E-state index contributed by atoms with van der Waals surface area (Å²) < 4.78 is 8.38. The lowest BCUT2D eigenvalue weighted by Gasteiger charge is -2.23.